The lowest BCUT2D eigenvalue weighted by Crippen LogP contribution is -2.43. The summed E-state index contributed by atoms with van der Waals surface area (Å²) >= 11 is 0. The molecule has 0 saturated heterocycles. The first-order valence-corrected chi connectivity index (χ1v) is 4.17. The van der Waals surface area contributed by atoms with Gasteiger partial charge in [-0.15, -0.1) is 4.83 Å². The Hall–Kier alpha value is -0.170. The lowest BCUT2D eigenvalue weighted by molar-refractivity contribution is 0.348. The lowest BCUT2D eigenvalue weighted by atomic mass is 11.2. The molecule has 0 aromatic heterocycles. The van der Waals surface area contributed by atoms with E-state index in [1.54, 1.807) is 14.1 Å². The zero-order chi connectivity index (χ0) is 8.36. The van der Waals surface area contributed by atoms with Gasteiger partial charge >= 0.3 is 0 Å². The summed E-state index contributed by atoms with van der Waals surface area (Å²) in [6, 6.07) is 0. The van der Waals surface area contributed by atoms with Gasteiger partial charge in [0.1, 0.15) is 0 Å². The van der Waals surface area contributed by atoms with Gasteiger partial charge in [0.05, 0.1) is 0 Å². The van der Waals surface area contributed by atoms with Crippen LogP contribution >= 0.6 is 0 Å². The normalized spacial score (nSPS) is 13.0. The Morgan fingerprint density at radius 2 is 1.50 bits per heavy atom. The Balaban J connectivity index is 4.16. The summed E-state index contributed by atoms with van der Waals surface area (Å²) in [4.78, 5) is 2.25. The van der Waals surface area contributed by atoms with E-state index in [1.807, 2.05) is 0 Å². The molecule has 0 aliphatic heterocycles. The summed E-state index contributed by atoms with van der Waals surface area (Å²) in [7, 11) is 2.86. The quantitative estimate of drug-likeness (QED) is 0.540. The molecule has 0 aromatic carbocycles. The van der Waals surface area contributed by atoms with E-state index in [-0.39, 0.29) is 0 Å². The van der Waals surface area contributed by atoms with E-state index in [1.165, 1.54) is 19.1 Å². The minimum absolute atomic E-state index is 1.10. The molecule has 5 nitrogen and oxygen atoms in total. The number of hydrogen-bond acceptors (Lipinski definition) is 3. The standard InChI is InChI=1S/C4H13N3O2S/c1-6(2)5-10(8,9)7(3)4/h5H,1-4H3. The van der Waals surface area contributed by atoms with Crippen LogP contribution in [0.5, 0.6) is 0 Å². The largest absolute Gasteiger partial charge is 0.291 e. The second-order valence-electron chi connectivity index (χ2n) is 2.27. The first-order valence-electron chi connectivity index (χ1n) is 2.73. The zero-order valence-electron chi connectivity index (χ0n) is 6.62. The first kappa shape index (κ1) is 9.83. The van der Waals surface area contributed by atoms with Crippen LogP contribution in [0.2, 0.25) is 0 Å². The van der Waals surface area contributed by atoms with Gasteiger partial charge in [0.15, 0.2) is 0 Å². The van der Waals surface area contributed by atoms with Crippen molar-refractivity contribution in [3.8, 4) is 0 Å². The lowest BCUT2D eigenvalue weighted by Gasteiger charge is -2.16. The van der Waals surface area contributed by atoms with Crippen molar-refractivity contribution < 1.29 is 8.42 Å². The summed E-state index contributed by atoms with van der Waals surface area (Å²) in [5, 5.41) is 1.37. The summed E-state index contributed by atoms with van der Waals surface area (Å²) in [5.74, 6) is 0. The second kappa shape index (κ2) is 3.29. The second-order valence-corrected chi connectivity index (χ2v) is 4.14. The zero-order valence-corrected chi connectivity index (χ0v) is 7.44. The molecule has 0 bridgehead atoms. The third-order valence-electron chi connectivity index (χ3n) is 0.779. The van der Waals surface area contributed by atoms with Gasteiger partial charge in [0, 0.05) is 28.2 Å². The molecule has 0 radical (unpaired) electrons. The molecular weight excluding hydrogens is 154 g/mol. The van der Waals surface area contributed by atoms with E-state index >= 15 is 0 Å². The van der Waals surface area contributed by atoms with Gasteiger partial charge in [-0.3, -0.25) is 0 Å². The van der Waals surface area contributed by atoms with Crippen LogP contribution in [0.3, 0.4) is 0 Å². The van der Waals surface area contributed by atoms with Crippen LogP contribution in [0.25, 0.3) is 0 Å². The number of hydrogen-bond donors (Lipinski definition) is 1. The third-order valence-corrected chi connectivity index (χ3v) is 2.34. The van der Waals surface area contributed by atoms with Crippen LogP contribution in [-0.2, 0) is 10.2 Å². The Kier molecular flexibility index (Phi) is 3.23. The van der Waals surface area contributed by atoms with Gasteiger partial charge in [-0.1, -0.05) is 0 Å². The highest BCUT2D eigenvalue weighted by molar-refractivity contribution is 7.87. The highest BCUT2D eigenvalue weighted by atomic mass is 32.2. The van der Waals surface area contributed by atoms with Crippen molar-refractivity contribution >= 4 is 10.2 Å². The molecule has 0 heterocycles. The van der Waals surface area contributed by atoms with Gasteiger partial charge in [0.25, 0.3) is 10.2 Å². The Labute approximate surface area is 61.8 Å². The smallest absolute Gasteiger partial charge is 0.236 e. The SMILES string of the molecule is CN(C)NS(=O)(=O)N(C)C. The molecule has 6 heteroatoms. The molecule has 62 valence electrons. The fraction of sp³-hybridized carbons (Fsp3) is 1.00. The molecule has 0 fully saturated rings. The van der Waals surface area contributed by atoms with E-state index in [4.69, 9.17) is 0 Å². The van der Waals surface area contributed by atoms with Crippen LogP contribution in [0, 0.1) is 0 Å². The molecule has 0 aromatic rings. The van der Waals surface area contributed by atoms with Gasteiger partial charge in [-0.2, -0.15) is 12.7 Å². The molecule has 10 heavy (non-hydrogen) atoms. The van der Waals surface area contributed by atoms with E-state index in [2.05, 4.69) is 4.83 Å². The Morgan fingerprint density at radius 3 is 1.60 bits per heavy atom. The molecule has 0 unspecified atom stereocenters. The summed E-state index contributed by atoms with van der Waals surface area (Å²) in [6.45, 7) is 0. The maximum absolute atomic E-state index is 10.9. The van der Waals surface area contributed by atoms with Crippen molar-refractivity contribution in [2.24, 2.45) is 0 Å². The third kappa shape index (κ3) is 3.11. The van der Waals surface area contributed by atoms with Crippen molar-refractivity contribution in [1.29, 1.82) is 0 Å². The minimum Gasteiger partial charge on any atom is -0.236 e. The molecule has 0 saturated carbocycles. The molecule has 0 aliphatic rings. The van der Waals surface area contributed by atoms with Gasteiger partial charge in [-0.25, -0.2) is 5.01 Å². The van der Waals surface area contributed by atoms with E-state index in [9.17, 15) is 8.42 Å². The van der Waals surface area contributed by atoms with E-state index < -0.39 is 10.2 Å². The molecular formula is C4H13N3O2S. The average Bonchev–Trinajstić information content (AvgIpc) is 1.60. The fourth-order valence-electron chi connectivity index (χ4n) is 0.312. The van der Waals surface area contributed by atoms with Crippen molar-refractivity contribution in [1.82, 2.24) is 14.1 Å². The highest BCUT2D eigenvalue weighted by Gasteiger charge is 2.12. The van der Waals surface area contributed by atoms with Crippen molar-refractivity contribution in [2.75, 3.05) is 28.2 Å². The highest BCUT2D eigenvalue weighted by Crippen LogP contribution is 1.86. The predicted molar refractivity (Wildman–Crippen MR) is 39.4 cm³/mol. The molecule has 0 amide bonds. The topological polar surface area (TPSA) is 52.7 Å². The van der Waals surface area contributed by atoms with Crippen LogP contribution < -0.4 is 4.83 Å². The van der Waals surface area contributed by atoms with Gasteiger partial charge < -0.3 is 0 Å². The monoisotopic (exact) mass is 167 g/mol. The number of rotatable bonds is 3. The molecule has 0 rings (SSSR count). The maximum atomic E-state index is 10.9. The molecule has 1 N–H and O–H groups in total. The molecule has 0 aliphatic carbocycles. The first-order chi connectivity index (χ1) is 4.36. The van der Waals surface area contributed by atoms with Crippen molar-refractivity contribution in [2.45, 2.75) is 0 Å². The van der Waals surface area contributed by atoms with Crippen molar-refractivity contribution in [3.63, 3.8) is 0 Å². The molecule has 0 atom stereocenters. The van der Waals surface area contributed by atoms with E-state index in [0.29, 0.717) is 0 Å². The van der Waals surface area contributed by atoms with Crippen LogP contribution in [0.15, 0.2) is 0 Å². The van der Waals surface area contributed by atoms with Crippen molar-refractivity contribution in [3.05, 3.63) is 0 Å². The fourth-order valence-corrected chi connectivity index (χ4v) is 0.937. The van der Waals surface area contributed by atoms with Crippen LogP contribution in [-0.4, -0.2) is 45.9 Å². The Bertz CT molecular complexity index is 185. The number of hydrazine groups is 1. The number of nitrogens with zero attached hydrogens (tertiary/aromatic N) is 2. The molecule has 0 spiro atoms. The summed E-state index contributed by atoms with van der Waals surface area (Å²) < 4.78 is 22.9. The number of nitrogens with one attached hydrogen (secondary N) is 1. The summed E-state index contributed by atoms with van der Waals surface area (Å²) in [5.41, 5.74) is 0. The average molecular weight is 167 g/mol. The minimum atomic E-state index is -3.29. The summed E-state index contributed by atoms with van der Waals surface area (Å²) in [6.07, 6.45) is 0. The van der Waals surface area contributed by atoms with Crippen LogP contribution in [0.4, 0.5) is 0 Å². The van der Waals surface area contributed by atoms with Crippen LogP contribution in [0.1, 0.15) is 0 Å². The Morgan fingerprint density at radius 1 is 1.10 bits per heavy atom. The van der Waals surface area contributed by atoms with E-state index in [0.717, 1.165) is 4.31 Å². The maximum Gasteiger partial charge on any atom is 0.291 e. The van der Waals surface area contributed by atoms with Gasteiger partial charge in [-0.05, 0) is 0 Å². The van der Waals surface area contributed by atoms with Gasteiger partial charge in [0.2, 0.25) is 0 Å². The predicted octanol–water partition coefficient (Wildman–Crippen LogP) is -1.14.